The lowest BCUT2D eigenvalue weighted by molar-refractivity contribution is -0.119. The molecule has 0 radical (unpaired) electrons. The summed E-state index contributed by atoms with van der Waals surface area (Å²) >= 11 is 1.03. The SMILES string of the molecule is CCC(=O)NC1=NC(=O)C(=Cc2cn(C(=O)CC)nc2-c2ccc(F)cc2)S1. The van der Waals surface area contributed by atoms with Crippen LogP contribution in [0.3, 0.4) is 0 Å². The van der Waals surface area contributed by atoms with Crippen molar-refractivity contribution in [1.29, 1.82) is 0 Å². The fraction of sp³-hybridized carbons (Fsp3) is 0.211. The van der Waals surface area contributed by atoms with Gasteiger partial charge in [0, 0.05) is 30.2 Å². The maximum Gasteiger partial charge on any atom is 0.286 e. The normalized spacial score (nSPS) is 15.0. The Morgan fingerprint density at radius 1 is 1.21 bits per heavy atom. The van der Waals surface area contributed by atoms with Crippen molar-refractivity contribution in [1.82, 2.24) is 15.1 Å². The standard InChI is InChI=1S/C19H17FN4O3S/c1-3-15(25)21-19-22-18(27)14(28-19)9-12-10-24(16(26)4-2)23-17(12)11-5-7-13(20)8-6-11/h5-10H,3-4H2,1-2H3,(H,21,22,25,27). The fourth-order valence-corrected chi connectivity index (χ4v) is 3.25. The molecule has 9 heteroatoms. The van der Waals surface area contributed by atoms with Crippen LogP contribution in [0.1, 0.15) is 37.0 Å². The molecule has 144 valence electrons. The van der Waals surface area contributed by atoms with Gasteiger partial charge in [0.1, 0.15) is 11.5 Å². The van der Waals surface area contributed by atoms with Gasteiger partial charge in [-0.3, -0.25) is 14.4 Å². The Bertz CT molecular complexity index is 1010. The second-order valence-corrected chi connectivity index (χ2v) is 6.90. The number of halogens is 1. The molecule has 0 saturated carbocycles. The maximum atomic E-state index is 13.3. The highest BCUT2D eigenvalue weighted by Crippen LogP contribution is 2.31. The number of hydrogen-bond donors (Lipinski definition) is 1. The summed E-state index contributed by atoms with van der Waals surface area (Å²) in [7, 11) is 0. The molecule has 7 nitrogen and oxygen atoms in total. The van der Waals surface area contributed by atoms with Gasteiger partial charge in [-0.2, -0.15) is 10.1 Å². The van der Waals surface area contributed by atoms with E-state index in [4.69, 9.17) is 0 Å². The zero-order valence-electron chi connectivity index (χ0n) is 15.2. The maximum absolute atomic E-state index is 13.3. The number of hydrogen-bond acceptors (Lipinski definition) is 5. The Hall–Kier alpha value is -3.07. The van der Waals surface area contributed by atoms with E-state index < -0.39 is 5.91 Å². The van der Waals surface area contributed by atoms with Gasteiger partial charge in [0.25, 0.3) is 5.91 Å². The number of rotatable bonds is 4. The number of nitrogens with one attached hydrogen (secondary N) is 1. The molecule has 2 aromatic rings. The van der Waals surface area contributed by atoms with E-state index in [0.29, 0.717) is 21.7 Å². The number of nitrogens with zero attached hydrogens (tertiary/aromatic N) is 3. The van der Waals surface area contributed by atoms with Crippen LogP contribution >= 0.6 is 11.8 Å². The number of aromatic nitrogens is 2. The van der Waals surface area contributed by atoms with Gasteiger partial charge >= 0.3 is 0 Å². The third-order valence-corrected chi connectivity index (χ3v) is 4.79. The van der Waals surface area contributed by atoms with Crippen molar-refractivity contribution in [2.45, 2.75) is 26.7 Å². The van der Waals surface area contributed by atoms with Crippen LogP contribution in [0.5, 0.6) is 0 Å². The predicted molar refractivity (Wildman–Crippen MR) is 105 cm³/mol. The van der Waals surface area contributed by atoms with Gasteiger partial charge in [0.05, 0.1) is 4.91 Å². The number of thioether (sulfide) groups is 1. The van der Waals surface area contributed by atoms with Gasteiger partial charge in [-0.15, -0.1) is 0 Å². The summed E-state index contributed by atoms with van der Waals surface area (Å²) in [5.74, 6) is -1.34. The number of carbonyl (C=O) groups excluding carboxylic acids is 3. The van der Waals surface area contributed by atoms with Crippen molar-refractivity contribution >= 4 is 40.7 Å². The minimum Gasteiger partial charge on any atom is -0.305 e. The van der Waals surface area contributed by atoms with Crippen LogP contribution < -0.4 is 5.32 Å². The van der Waals surface area contributed by atoms with Gasteiger partial charge in [0.15, 0.2) is 5.17 Å². The molecular weight excluding hydrogens is 383 g/mol. The first kappa shape index (κ1) is 19.7. The highest BCUT2D eigenvalue weighted by atomic mass is 32.2. The van der Waals surface area contributed by atoms with Crippen LogP contribution in [0.15, 0.2) is 40.4 Å². The molecule has 0 bridgehead atoms. The van der Waals surface area contributed by atoms with Crippen molar-refractivity contribution in [3.05, 3.63) is 46.7 Å². The molecule has 3 rings (SSSR count). The minimum absolute atomic E-state index is 0.212. The zero-order chi connectivity index (χ0) is 20.3. The summed E-state index contributed by atoms with van der Waals surface area (Å²) < 4.78 is 14.5. The topological polar surface area (TPSA) is 93.4 Å². The largest absolute Gasteiger partial charge is 0.305 e. The van der Waals surface area contributed by atoms with Crippen LogP contribution in [-0.2, 0) is 9.59 Å². The predicted octanol–water partition coefficient (Wildman–Crippen LogP) is 3.24. The van der Waals surface area contributed by atoms with Crippen LogP contribution in [0, 0.1) is 5.82 Å². The highest BCUT2D eigenvalue weighted by molar-refractivity contribution is 8.18. The quantitative estimate of drug-likeness (QED) is 0.796. The molecule has 1 N–H and O–H groups in total. The van der Waals surface area contributed by atoms with Crippen molar-refractivity contribution in [3.63, 3.8) is 0 Å². The molecule has 1 aliphatic heterocycles. The molecule has 0 spiro atoms. The van der Waals surface area contributed by atoms with E-state index in [-0.39, 0.29) is 35.6 Å². The Labute approximate surface area is 164 Å². The molecule has 0 unspecified atom stereocenters. The monoisotopic (exact) mass is 400 g/mol. The van der Waals surface area contributed by atoms with Gasteiger partial charge in [-0.05, 0) is 42.1 Å². The van der Waals surface area contributed by atoms with Gasteiger partial charge in [-0.25, -0.2) is 9.07 Å². The van der Waals surface area contributed by atoms with Crippen LogP contribution in [0.4, 0.5) is 4.39 Å². The molecule has 1 aromatic heterocycles. The summed E-state index contributed by atoms with van der Waals surface area (Å²) in [5, 5.41) is 7.07. The number of amidine groups is 1. The van der Waals surface area contributed by atoms with Crippen LogP contribution in [0.2, 0.25) is 0 Å². The summed E-state index contributed by atoms with van der Waals surface area (Å²) in [6, 6.07) is 5.69. The lowest BCUT2D eigenvalue weighted by Crippen LogP contribution is -2.26. The lowest BCUT2D eigenvalue weighted by Gasteiger charge is -2.01. The first-order valence-electron chi connectivity index (χ1n) is 8.62. The van der Waals surface area contributed by atoms with E-state index >= 15 is 0 Å². The average Bonchev–Trinajstić information content (AvgIpc) is 3.25. The lowest BCUT2D eigenvalue weighted by atomic mass is 10.1. The van der Waals surface area contributed by atoms with E-state index in [1.165, 1.54) is 23.0 Å². The fourth-order valence-electron chi connectivity index (χ4n) is 2.43. The van der Waals surface area contributed by atoms with Crippen molar-refractivity contribution < 1.29 is 18.8 Å². The number of carbonyl (C=O) groups is 3. The van der Waals surface area contributed by atoms with E-state index in [1.807, 2.05) is 0 Å². The van der Waals surface area contributed by atoms with Gasteiger partial charge in [-0.1, -0.05) is 13.8 Å². The minimum atomic E-state index is -0.490. The molecule has 2 amide bonds. The molecular formula is C19H17FN4O3S. The van der Waals surface area contributed by atoms with E-state index in [2.05, 4.69) is 15.4 Å². The smallest absolute Gasteiger partial charge is 0.286 e. The second kappa shape index (κ2) is 8.30. The molecule has 1 aromatic carbocycles. The molecule has 0 fully saturated rings. The number of amides is 2. The first-order valence-corrected chi connectivity index (χ1v) is 9.44. The summed E-state index contributed by atoms with van der Waals surface area (Å²) in [6.45, 7) is 3.41. The van der Waals surface area contributed by atoms with Crippen molar-refractivity contribution in [2.24, 2.45) is 4.99 Å². The van der Waals surface area contributed by atoms with E-state index in [1.54, 1.807) is 32.1 Å². The zero-order valence-corrected chi connectivity index (χ0v) is 16.0. The van der Waals surface area contributed by atoms with E-state index in [9.17, 15) is 18.8 Å². The van der Waals surface area contributed by atoms with Crippen LogP contribution in [-0.4, -0.2) is 32.7 Å². The third kappa shape index (κ3) is 4.25. The molecule has 2 heterocycles. The second-order valence-electron chi connectivity index (χ2n) is 5.87. The molecule has 28 heavy (non-hydrogen) atoms. The Kier molecular flexibility index (Phi) is 5.84. The molecule has 1 aliphatic rings. The average molecular weight is 400 g/mol. The summed E-state index contributed by atoms with van der Waals surface area (Å²) in [5.41, 5.74) is 1.56. The number of benzene rings is 1. The van der Waals surface area contributed by atoms with Crippen molar-refractivity contribution in [3.8, 4) is 11.3 Å². The van der Waals surface area contributed by atoms with Crippen molar-refractivity contribution in [2.75, 3.05) is 0 Å². The first-order chi connectivity index (χ1) is 13.4. The van der Waals surface area contributed by atoms with Gasteiger partial charge in [0.2, 0.25) is 11.8 Å². The highest BCUT2D eigenvalue weighted by Gasteiger charge is 2.24. The van der Waals surface area contributed by atoms with Gasteiger partial charge < -0.3 is 5.32 Å². The summed E-state index contributed by atoms with van der Waals surface area (Å²) in [4.78, 5) is 39.8. The van der Waals surface area contributed by atoms with Crippen LogP contribution in [0.25, 0.3) is 17.3 Å². The Balaban J connectivity index is 1.97. The Morgan fingerprint density at radius 3 is 2.57 bits per heavy atom. The number of aliphatic imine (C=N–C) groups is 1. The molecule has 0 atom stereocenters. The Morgan fingerprint density at radius 2 is 1.93 bits per heavy atom. The molecule has 0 aliphatic carbocycles. The summed E-state index contributed by atoms with van der Waals surface area (Å²) in [6.07, 6.45) is 3.61. The van der Waals surface area contributed by atoms with E-state index in [0.717, 1.165) is 11.8 Å². The molecule has 0 saturated heterocycles. The third-order valence-electron chi connectivity index (χ3n) is 3.89.